The lowest BCUT2D eigenvalue weighted by Crippen LogP contribution is -2.35. The summed E-state index contributed by atoms with van der Waals surface area (Å²) in [5.41, 5.74) is 3.27. The van der Waals surface area contributed by atoms with Gasteiger partial charge >= 0.3 is 5.97 Å². The number of aryl methyl sites for hydroxylation is 3. The van der Waals surface area contributed by atoms with Crippen LogP contribution in [-0.2, 0) is 14.3 Å². The lowest BCUT2D eigenvalue weighted by atomic mass is 10.1. The molecule has 0 saturated carbocycles. The van der Waals surface area contributed by atoms with Gasteiger partial charge in [0.15, 0.2) is 6.61 Å². The molecule has 0 aliphatic carbocycles. The topological polar surface area (TPSA) is 84.5 Å². The molecule has 0 atom stereocenters. The molecule has 0 fully saturated rings. The van der Waals surface area contributed by atoms with E-state index in [-0.39, 0.29) is 17.1 Å². The minimum Gasteiger partial charge on any atom is -0.452 e. The standard InChI is InChI=1S/C20H20ClFN2O4/c1-11-6-12(2)19(13(3)7-11)24-17(25)9-23-18(26)10-28-20(27)15-5-4-14(21)8-16(15)22/h4-8H,9-10H2,1-3H3,(H,23,26)(H,24,25). The van der Waals surface area contributed by atoms with E-state index < -0.39 is 30.2 Å². The van der Waals surface area contributed by atoms with Crippen molar-refractivity contribution in [3.63, 3.8) is 0 Å². The third-order valence-corrected chi connectivity index (χ3v) is 4.11. The number of hydrogen-bond acceptors (Lipinski definition) is 4. The summed E-state index contributed by atoms with van der Waals surface area (Å²) in [5.74, 6) is -2.95. The van der Waals surface area contributed by atoms with Crippen LogP contribution < -0.4 is 10.6 Å². The smallest absolute Gasteiger partial charge is 0.341 e. The molecule has 2 N–H and O–H groups in total. The highest BCUT2D eigenvalue weighted by molar-refractivity contribution is 6.30. The zero-order valence-corrected chi connectivity index (χ0v) is 16.4. The highest BCUT2D eigenvalue weighted by Crippen LogP contribution is 2.21. The zero-order valence-electron chi connectivity index (χ0n) is 15.7. The van der Waals surface area contributed by atoms with Gasteiger partial charge in [-0.15, -0.1) is 0 Å². The van der Waals surface area contributed by atoms with Gasteiger partial charge in [0.05, 0.1) is 12.1 Å². The van der Waals surface area contributed by atoms with Crippen molar-refractivity contribution in [2.75, 3.05) is 18.5 Å². The maximum atomic E-state index is 13.6. The van der Waals surface area contributed by atoms with Crippen LogP contribution in [0, 0.1) is 26.6 Å². The Bertz CT molecular complexity index is 907. The molecule has 0 aliphatic rings. The molecular weight excluding hydrogens is 387 g/mol. The molecule has 0 saturated heterocycles. The molecule has 2 aromatic carbocycles. The van der Waals surface area contributed by atoms with Crippen LogP contribution in [0.5, 0.6) is 0 Å². The summed E-state index contributed by atoms with van der Waals surface area (Å²) in [6.07, 6.45) is 0. The summed E-state index contributed by atoms with van der Waals surface area (Å²) >= 11 is 5.61. The van der Waals surface area contributed by atoms with Gasteiger partial charge in [0, 0.05) is 10.7 Å². The Labute approximate surface area is 167 Å². The Balaban J connectivity index is 1.82. The zero-order chi connectivity index (χ0) is 20.8. The first kappa shape index (κ1) is 21.4. The molecule has 0 spiro atoms. The van der Waals surface area contributed by atoms with E-state index in [0.29, 0.717) is 5.69 Å². The summed E-state index contributed by atoms with van der Waals surface area (Å²) in [6.45, 7) is 4.78. The van der Waals surface area contributed by atoms with Crippen molar-refractivity contribution in [1.29, 1.82) is 0 Å². The second-order valence-electron chi connectivity index (χ2n) is 6.30. The van der Waals surface area contributed by atoms with Crippen LogP contribution in [-0.4, -0.2) is 30.9 Å². The van der Waals surface area contributed by atoms with Gasteiger partial charge in [-0.3, -0.25) is 9.59 Å². The van der Waals surface area contributed by atoms with Crippen LogP contribution in [0.1, 0.15) is 27.0 Å². The molecule has 0 radical (unpaired) electrons. The van der Waals surface area contributed by atoms with Gasteiger partial charge in [-0.05, 0) is 50.1 Å². The van der Waals surface area contributed by atoms with Crippen LogP contribution >= 0.6 is 11.6 Å². The number of anilines is 1. The number of ether oxygens (including phenoxy) is 1. The Morgan fingerprint density at radius 1 is 1.04 bits per heavy atom. The van der Waals surface area contributed by atoms with Gasteiger partial charge in [-0.25, -0.2) is 9.18 Å². The van der Waals surface area contributed by atoms with Crippen LogP contribution in [0.15, 0.2) is 30.3 Å². The van der Waals surface area contributed by atoms with Crippen molar-refractivity contribution >= 4 is 35.1 Å². The van der Waals surface area contributed by atoms with Gasteiger partial charge in [0.25, 0.3) is 5.91 Å². The molecule has 2 rings (SSSR count). The molecule has 28 heavy (non-hydrogen) atoms. The Morgan fingerprint density at radius 3 is 2.29 bits per heavy atom. The van der Waals surface area contributed by atoms with Crippen LogP contribution in [0.3, 0.4) is 0 Å². The number of esters is 1. The number of halogens is 2. The van der Waals surface area contributed by atoms with Crippen LogP contribution in [0.4, 0.5) is 10.1 Å². The SMILES string of the molecule is Cc1cc(C)c(NC(=O)CNC(=O)COC(=O)c2ccc(Cl)cc2F)c(C)c1. The van der Waals surface area contributed by atoms with Crippen molar-refractivity contribution < 1.29 is 23.5 Å². The second kappa shape index (κ2) is 9.32. The number of hydrogen-bond donors (Lipinski definition) is 2. The monoisotopic (exact) mass is 406 g/mol. The minimum atomic E-state index is -1.00. The predicted molar refractivity (Wildman–Crippen MR) is 104 cm³/mol. The average Bonchev–Trinajstić information content (AvgIpc) is 2.61. The lowest BCUT2D eigenvalue weighted by Gasteiger charge is -2.13. The average molecular weight is 407 g/mol. The van der Waals surface area contributed by atoms with Crippen molar-refractivity contribution in [2.45, 2.75) is 20.8 Å². The van der Waals surface area contributed by atoms with Gasteiger partial charge in [0.2, 0.25) is 5.91 Å². The maximum absolute atomic E-state index is 13.6. The number of carbonyl (C=O) groups is 3. The van der Waals surface area contributed by atoms with Gasteiger partial charge in [0.1, 0.15) is 5.82 Å². The predicted octanol–water partition coefficient (Wildman–Crippen LogP) is 3.32. The molecule has 6 nitrogen and oxygen atoms in total. The fraction of sp³-hybridized carbons (Fsp3) is 0.250. The quantitative estimate of drug-likeness (QED) is 0.721. The number of nitrogens with one attached hydrogen (secondary N) is 2. The summed E-state index contributed by atoms with van der Waals surface area (Å²) in [5, 5.41) is 5.22. The molecule has 0 heterocycles. The molecule has 0 aromatic heterocycles. The van der Waals surface area contributed by atoms with Crippen molar-refractivity contribution in [2.24, 2.45) is 0 Å². The third kappa shape index (κ3) is 5.79. The van der Waals surface area contributed by atoms with E-state index in [1.54, 1.807) is 0 Å². The van der Waals surface area contributed by atoms with E-state index in [1.807, 2.05) is 32.9 Å². The molecule has 2 amide bonds. The second-order valence-corrected chi connectivity index (χ2v) is 6.74. The fourth-order valence-corrected chi connectivity index (χ4v) is 2.81. The normalized spacial score (nSPS) is 10.3. The number of carbonyl (C=O) groups excluding carboxylic acids is 3. The highest BCUT2D eigenvalue weighted by atomic mass is 35.5. The van der Waals surface area contributed by atoms with Gasteiger partial charge < -0.3 is 15.4 Å². The van der Waals surface area contributed by atoms with Crippen LogP contribution in [0.25, 0.3) is 0 Å². The van der Waals surface area contributed by atoms with Crippen molar-refractivity contribution in [3.8, 4) is 0 Å². The number of amides is 2. The molecule has 0 unspecified atom stereocenters. The van der Waals surface area contributed by atoms with E-state index in [9.17, 15) is 18.8 Å². The highest BCUT2D eigenvalue weighted by Gasteiger charge is 2.16. The fourth-order valence-electron chi connectivity index (χ4n) is 2.65. The van der Waals surface area contributed by atoms with Crippen LogP contribution in [0.2, 0.25) is 5.02 Å². The summed E-state index contributed by atoms with van der Waals surface area (Å²) < 4.78 is 18.4. The molecule has 0 aliphatic heterocycles. The van der Waals surface area contributed by atoms with Gasteiger partial charge in [-0.2, -0.15) is 0 Å². The first-order chi connectivity index (χ1) is 13.2. The number of rotatable bonds is 6. The molecule has 8 heteroatoms. The minimum absolute atomic E-state index is 0.136. The summed E-state index contributed by atoms with van der Waals surface area (Å²) in [4.78, 5) is 35.6. The third-order valence-electron chi connectivity index (χ3n) is 3.87. The molecule has 0 bridgehead atoms. The Kier molecular flexibility index (Phi) is 7.12. The molecular formula is C20H20ClFN2O4. The van der Waals surface area contributed by atoms with E-state index in [1.165, 1.54) is 6.07 Å². The lowest BCUT2D eigenvalue weighted by molar-refractivity contribution is -0.126. The van der Waals surface area contributed by atoms with E-state index in [4.69, 9.17) is 16.3 Å². The summed E-state index contributed by atoms with van der Waals surface area (Å²) in [6, 6.07) is 7.35. The van der Waals surface area contributed by atoms with Gasteiger partial charge in [-0.1, -0.05) is 29.3 Å². The molecule has 148 valence electrons. The van der Waals surface area contributed by atoms with Crippen molar-refractivity contribution in [1.82, 2.24) is 5.32 Å². The van der Waals surface area contributed by atoms with E-state index >= 15 is 0 Å². The Hall–Kier alpha value is -2.93. The largest absolute Gasteiger partial charge is 0.452 e. The van der Waals surface area contributed by atoms with E-state index in [0.717, 1.165) is 28.8 Å². The summed E-state index contributed by atoms with van der Waals surface area (Å²) in [7, 11) is 0. The van der Waals surface area contributed by atoms with E-state index in [2.05, 4.69) is 10.6 Å². The first-order valence-corrected chi connectivity index (χ1v) is 8.81. The number of benzene rings is 2. The Morgan fingerprint density at radius 2 is 1.68 bits per heavy atom. The molecule has 2 aromatic rings. The maximum Gasteiger partial charge on any atom is 0.341 e. The van der Waals surface area contributed by atoms with Crippen molar-refractivity contribution in [3.05, 3.63) is 63.4 Å². The first-order valence-electron chi connectivity index (χ1n) is 8.44.